The van der Waals surface area contributed by atoms with Crippen LogP contribution in [0.2, 0.25) is 5.02 Å². The maximum absolute atomic E-state index is 12.9. The summed E-state index contributed by atoms with van der Waals surface area (Å²) in [6.07, 6.45) is 2.33. The molecule has 0 N–H and O–H groups in total. The van der Waals surface area contributed by atoms with Gasteiger partial charge >= 0.3 is 6.03 Å². The molecule has 0 spiro atoms. The number of nitro benzene ring substituents is 1. The highest BCUT2D eigenvalue weighted by Crippen LogP contribution is 2.35. The minimum absolute atomic E-state index is 0.0151. The quantitative estimate of drug-likeness (QED) is 0.620. The van der Waals surface area contributed by atoms with Gasteiger partial charge in [-0.15, -0.1) is 0 Å². The molecule has 0 aliphatic carbocycles. The van der Waals surface area contributed by atoms with Gasteiger partial charge in [0.05, 0.1) is 4.92 Å². The topological polar surface area (TPSA) is 69.9 Å². The number of fused-ring (bicyclic) bond motifs is 3. The lowest BCUT2D eigenvalue weighted by molar-refractivity contribution is -0.384. The van der Waals surface area contributed by atoms with Gasteiger partial charge in [0.15, 0.2) is 0 Å². The predicted molar refractivity (Wildman–Crippen MR) is 90.5 cm³/mol. The standard InChI is InChI=1S/C16H19ClN4O3/c17-13-9-12(1-2-14(13)21(23)24)19-7-8-20(16(19)22)15-10-18-5-3-11(15)4-6-18/h1-2,9,11,15H,3-8,10H2. The van der Waals surface area contributed by atoms with Crippen molar-refractivity contribution in [2.24, 2.45) is 5.92 Å². The van der Waals surface area contributed by atoms with Gasteiger partial charge in [-0.3, -0.25) is 15.0 Å². The van der Waals surface area contributed by atoms with E-state index in [0.29, 0.717) is 30.7 Å². The molecule has 1 aromatic carbocycles. The second-order valence-corrected chi connectivity index (χ2v) is 7.13. The number of piperidine rings is 3. The first-order chi connectivity index (χ1) is 11.5. The Labute approximate surface area is 144 Å². The molecule has 24 heavy (non-hydrogen) atoms. The summed E-state index contributed by atoms with van der Waals surface area (Å²) in [6, 6.07) is 4.75. The highest BCUT2D eigenvalue weighted by atomic mass is 35.5. The number of urea groups is 1. The van der Waals surface area contributed by atoms with Crippen LogP contribution >= 0.6 is 11.6 Å². The van der Waals surface area contributed by atoms with Crippen molar-refractivity contribution in [3.05, 3.63) is 33.3 Å². The van der Waals surface area contributed by atoms with Gasteiger partial charge in [-0.1, -0.05) is 11.6 Å². The number of nitrogens with zero attached hydrogens (tertiary/aromatic N) is 4. The first-order valence-electron chi connectivity index (χ1n) is 8.29. The Morgan fingerprint density at radius 1 is 1.17 bits per heavy atom. The summed E-state index contributed by atoms with van der Waals surface area (Å²) < 4.78 is 0. The van der Waals surface area contributed by atoms with Crippen molar-refractivity contribution < 1.29 is 9.72 Å². The van der Waals surface area contributed by atoms with Crippen LogP contribution in [0.1, 0.15) is 12.8 Å². The van der Waals surface area contributed by atoms with Gasteiger partial charge in [0.25, 0.3) is 5.69 Å². The number of amides is 2. The SMILES string of the molecule is O=C1N(c2ccc([N+](=O)[O-])c(Cl)c2)CCN1C1CN2CCC1CC2. The van der Waals surface area contributed by atoms with E-state index in [9.17, 15) is 14.9 Å². The molecule has 8 heteroatoms. The number of hydrogen-bond donors (Lipinski definition) is 0. The van der Waals surface area contributed by atoms with Gasteiger partial charge in [-0.05, 0) is 44.0 Å². The first kappa shape index (κ1) is 15.7. The van der Waals surface area contributed by atoms with Crippen molar-refractivity contribution in [1.82, 2.24) is 9.80 Å². The third-order valence-electron chi connectivity index (χ3n) is 5.50. The van der Waals surface area contributed by atoms with Gasteiger partial charge in [-0.25, -0.2) is 4.79 Å². The smallest absolute Gasteiger partial charge is 0.318 e. The number of hydrogen-bond acceptors (Lipinski definition) is 4. The molecular weight excluding hydrogens is 332 g/mol. The van der Waals surface area contributed by atoms with Crippen LogP contribution < -0.4 is 4.90 Å². The average Bonchev–Trinajstić information content (AvgIpc) is 2.97. The van der Waals surface area contributed by atoms with Crippen molar-refractivity contribution in [3.8, 4) is 0 Å². The predicted octanol–water partition coefficient (Wildman–Crippen LogP) is 2.58. The lowest BCUT2D eigenvalue weighted by Crippen LogP contribution is -2.58. The second-order valence-electron chi connectivity index (χ2n) is 6.73. The van der Waals surface area contributed by atoms with E-state index in [1.807, 2.05) is 4.90 Å². The normalized spacial score (nSPS) is 29.4. The number of benzene rings is 1. The molecular formula is C16H19ClN4O3. The summed E-state index contributed by atoms with van der Waals surface area (Å²) in [5, 5.41) is 10.9. The monoisotopic (exact) mass is 350 g/mol. The van der Waals surface area contributed by atoms with Crippen molar-refractivity contribution in [1.29, 1.82) is 0 Å². The fraction of sp³-hybridized carbons (Fsp3) is 0.562. The van der Waals surface area contributed by atoms with Crippen LogP contribution in [0.25, 0.3) is 0 Å². The van der Waals surface area contributed by atoms with E-state index >= 15 is 0 Å². The lowest BCUT2D eigenvalue weighted by Gasteiger charge is -2.47. The van der Waals surface area contributed by atoms with Crippen LogP contribution in [-0.2, 0) is 0 Å². The third-order valence-corrected chi connectivity index (χ3v) is 5.81. The lowest BCUT2D eigenvalue weighted by atomic mass is 9.83. The number of carbonyl (C=O) groups excluding carboxylic acids is 1. The Bertz CT molecular complexity index is 690. The van der Waals surface area contributed by atoms with Crippen LogP contribution in [0.15, 0.2) is 18.2 Å². The second kappa shape index (κ2) is 5.89. The Balaban J connectivity index is 1.53. The summed E-state index contributed by atoms with van der Waals surface area (Å²) in [5.41, 5.74) is 0.487. The molecule has 1 unspecified atom stereocenters. The molecule has 1 aromatic rings. The van der Waals surface area contributed by atoms with E-state index in [0.717, 1.165) is 32.5 Å². The molecule has 0 aromatic heterocycles. The van der Waals surface area contributed by atoms with Gasteiger partial charge in [0.2, 0.25) is 0 Å². The van der Waals surface area contributed by atoms with Crippen molar-refractivity contribution in [2.75, 3.05) is 37.6 Å². The van der Waals surface area contributed by atoms with Gasteiger partial charge in [-0.2, -0.15) is 0 Å². The van der Waals surface area contributed by atoms with Crippen LogP contribution in [0, 0.1) is 16.0 Å². The van der Waals surface area contributed by atoms with Crippen LogP contribution in [0.5, 0.6) is 0 Å². The maximum Gasteiger partial charge on any atom is 0.324 e. The molecule has 0 saturated carbocycles. The zero-order valence-corrected chi connectivity index (χ0v) is 14.0. The molecule has 0 radical (unpaired) electrons. The largest absolute Gasteiger partial charge is 0.324 e. The third kappa shape index (κ3) is 2.52. The molecule has 4 heterocycles. The van der Waals surface area contributed by atoms with E-state index < -0.39 is 4.92 Å². The van der Waals surface area contributed by atoms with Crippen molar-refractivity contribution in [2.45, 2.75) is 18.9 Å². The van der Waals surface area contributed by atoms with Crippen LogP contribution in [-0.4, -0.2) is 59.5 Å². The summed E-state index contributed by atoms with van der Waals surface area (Å²) >= 11 is 5.99. The Hall–Kier alpha value is -1.86. The molecule has 2 amide bonds. The number of rotatable bonds is 3. The van der Waals surface area contributed by atoms with Crippen LogP contribution in [0.3, 0.4) is 0 Å². The fourth-order valence-electron chi connectivity index (χ4n) is 4.20. The highest BCUT2D eigenvalue weighted by Gasteiger charge is 2.43. The van der Waals surface area contributed by atoms with E-state index in [-0.39, 0.29) is 16.7 Å². The summed E-state index contributed by atoms with van der Waals surface area (Å²) in [5.74, 6) is 0.597. The van der Waals surface area contributed by atoms with E-state index in [4.69, 9.17) is 11.6 Å². The zero-order valence-electron chi connectivity index (χ0n) is 13.2. The molecule has 2 bridgehead atoms. The number of halogens is 1. The minimum atomic E-state index is -0.516. The molecule has 7 nitrogen and oxygen atoms in total. The van der Waals surface area contributed by atoms with E-state index in [1.54, 1.807) is 11.0 Å². The van der Waals surface area contributed by atoms with Crippen molar-refractivity contribution >= 4 is 29.0 Å². The molecule has 4 aliphatic heterocycles. The number of nitro groups is 1. The number of anilines is 1. The fourth-order valence-corrected chi connectivity index (χ4v) is 4.44. The molecule has 4 saturated heterocycles. The first-order valence-corrected chi connectivity index (χ1v) is 8.67. The van der Waals surface area contributed by atoms with Gasteiger partial charge < -0.3 is 9.80 Å². The van der Waals surface area contributed by atoms with Crippen molar-refractivity contribution in [3.63, 3.8) is 0 Å². The van der Waals surface area contributed by atoms with E-state index in [2.05, 4.69) is 4.90 Å². The minimum Gasteiger partial charge on any atom is -0.318 e. The average molecular weight is 351 g/mol. The molecule has 4 aliphatic rings. The molecule has 1 atom stereocenters. The van der Waals surface area contributed by atoms with E-state index in [1.165, 1.54) is 12.1 Å². The molecule has 4 fully saturated rings. The molecule has 128 valence electrons. The van der Waals surface area contributed by atoms with Crippen LogP contribution in [0.4, 0.5) is 16.2 Å². The Morgan fingerprint density at radius 3 is 2.50 bits per heavy atom. The summed E-state index contributed by atoms with van der Waals surface area (Å²) in [7, 11) is 0. The summed E-state index contributed by atoms with van der Waals surface area (Å²) in [6.45, 7) is 4.54. The molecule has 5 rings (SSSR count). The van der Waals surface area contributed by atoms with Gasteiger partial charge in [0.1, 0.15) is 5.02 Å². The zero-order chi connectivity index (χ0) is 16.8. The highest BCUT2D eigenvalue weighted by molar-refractivity contribution is 6.33. The maximum atomic E-state index is 12.9. The Morgan fingerprint density at radius 2 is 1.92 bits per heavy atom. The van der Waals surface area contributed by atoms with Gasteiger partial charge in [0, 0.05) is 37.4 Å². The Kier molecular flexibility index (Phi) is 3.85. The number of carbonyl (C=O) groups is 1. The summed E-state index contributed by atoms with van der Waals surface area (Å²) in [4.78, 5) is 29.3.